The van der Waals surface area contributed by atoms with Gasteiger partial charge in [-0.2, -0.15) is 5.10 Å². The molecule has 0 bridgehead atoms. The molecule has 19 heavy (non-hydrogen) atoms. The van der Waals surface area contributed by atoms with Crippen molar-refractivity contribution >= 4 is 29.2 Å². The fraction of sp³-hybridized carbons (Fsp3) is 0.231. The van der Waals surface area contributed by atoms with Crippen molar-refractivity contribution in [3.8, 4) is 5.69 Å². The van der Waals surface area contributed by atoms with Gasteiger partial charge in [0.05, 0.1) is 16.9 Å². The third kappa shape index (κ3) is 3.08. The first kappa shape index (κ1) is 13.9. The van der Waals surface area contributed by atoms with Crippen LogP contribution in [0.25, 0.3) is 5.69 Å². The smallest absolute Gasteiger partial charge is 0.303 e. The quantitative estimate of drug-likeness (QED) is 0.940. The van der Waals surface area contributed by atoms with Gasteiger partial charge in [0.2, 0.25) is 0 Å². The molecule has 1 heterocycles. The van der Waals surface area contributed by atoms with Gasteiger partial charge in [-0.15, -0.1) is 0 Å². The van der Waals surface area contributed by atoms with Gasteiger partial charge in [0.25, 0.3) is 0 Å². The van der Waals surface area contributed by atoms with E-state index in [-0.39, 0.29) is 6.42 Å². The minimum absolute atomic E-state index is 0.0842. The number of aryl methyl sites for hydroxylation is 1. The Balaban J connectivity index is 2.33. The number of rotatable bonds is 4. The van der Waals surface area contributed by atoms with Crippen LogP contribution in [0.1, 0.15) is 17.7 Å². The van der Waals surface area contributed by atoms with Gasteiger partial charge in [-0.3, -0.25) is 4.79 Å². The maximum Gasteiger partial charge on any atom is 0.303 e. The van der Waals surface area contributed by atoms with Crippen molar-refractivity contribution < 1.29 is 9.90 Å². The minimum Gasteiger partial charge on any atom is -0.481 e. The molecule has 1 aromatic carbocycles. The highest BCUT2D eigenvalue weighted by molar-refractivity contribution is 6.35. The molecule has 0 amide bonds. The third-order valence-electron chi connectivity index (χ3n) is 2.86. The van der Waals surface area contributed by atoms with E-state index in [0.29, 0.717) is 16.5 Å². The summed E-state index contributed by atoms with van der Waals surface area (Å²) in [6.07, 6.45) is 2.20. The number of nitrogens with zero attached hydrogens (tertiary/aromatic N) is 2. The number of carboxylic acid groups (broad SMARTS) is 1. The van der Waals surface area contributed by atoms with E-state index < -0.39 is 5.97 Å². The summed E-state index contributed by atoms with van der Waals surface area (Å²) >= 11 is 12.0. The Hall–Kier alpha value is -1.52. The van der Waals surface area contributed by atoms with E-state index >= 15 is 0 Å². The number of hydrogen-bond donors (Lipinski definition) is 1. The first-order chi connectivity index (χ1) is 8.99. The molecule has 6 heteroatoms. The summed E-state index contributed by atoms with van der Waals surface area (Å²) in [6.45, 7) is 1.88. The second-order valence-electron chi connectivity index (χ2n) is 4.16. The number of carboxylic acids is 1. The minimum atomic E-state index is -0.823. The van der Waals surface area contributed by atoms with Gasteiger partial charge in [0.1, 0.15) is 0 Å². The number of hydrogen-bond acceptors (Lipinski definition) is 2. The van der Waals surface area contributed by atoms with Crippen LogP contribution in [0.15, 0.2) is 24.4 Å². The molecule has 0 aliphatic carbocycles. The monoisotopic (exact) mass is 298 g/mol. The van der Waals surface area contributed by atoms with E-state index in [1.165, 1.54) is 0 Å². The first-order valence-corrected chi connectivity index (χ1v) is 6.45. The van der Waals surface area contributed by atoms with Crippen LogP contribution in [-0.4, -0.2) is 20.9 Å². The van der Waals surface area contributed by atoms with Crippen molar-refractivity contribution in [2.45, 2.75) is 19.8 Å². The lowest BCUT2D eigenvalue weighted by Crippen LogP contribution is -2.02. The van der Waals surface area contributed by atoms with E-state index in [9.17, 15) is 4.79 Å². The summed E-state index contributed by atoms with van der Waals surface area (Å²) < 4.78 is 1.69. The molecule has 0 spiro atoms. The Morgan fingerprint density at radius 1 is 1.42 bits per heavy atom. The zero-order valence-corrected chi connectivity index (χ0v) is 11.7. The summed E-state index contributed by atoms with van der Waals surface area (Å²) in [5.41, 5.74) is 2.50. The summed E-state index contributed by atoms with van der Waals surface area (Å²) in [5.74, 6) is -0.823. The van der Waals surface area contributed by atoms with Gasteiger partial charge in [0, 0.05) is 17.1 Å². The summed E-state index contributed by atoms with van der Waals surface area (Å²) in [7, 11) is 0. The van der Waals surface area contributed by atoms with Crippen LogP contribution in [0.5, 0.6) is 0 Å². The van der Waals surface area contributed by atoms with Gasteiger partial charge in [-0.1, -0.05) is 23.2 Å². The summed E-state index contributed by atoms with van der Waals surface area (Å²) in [4.78, 5) is 10.6. The Morgan fingerprint density at radius 2 is 2.16 bits per heavy atom. The SMILES string of the molecule is Cc1c(CCC(=O)O)cnn1-c1ccc(Cl)cc1Cl. The van der Waals surface area contributed by atoms with E-state index in [2.05, 4.69) is 5.10 Å². The van der Waals surface area contributed by atoms with Crippen LogP contribution in [0.3, 0.4) is 0 Å². The Labute approximate surface area is 120 Å². The maximum absolute atomic E-state index is 10.6. The maximum atomic E-state index is 10.6. The van der Waals surface area contributed by atoms with Gasteiger partial charge < -0.3 is 5.11 Å². The van der Waals surface area contributed by atoms with E-state index in [1.807, 2.05) is 6.92 Å². The van der Waals surface area contributed by atoms with E-state index in [4.69, 9.17) is 28.3 Å². The molecule has 0 saturated carbocycles. The molecule has 0 aliphatic rings. The standard InChI is InChI=1S/C13H12Cl2N2O2/c1-8-9(2-5-13(18)19)7-16-17(8)12-4-3-10(14)6-11(12)15/h3-4,6-7H,2,5H2,1H3,(H,18,19). The highest BCUT2D eigenvalue weighted by Crippen LogP contribution is 2.25. The number of halogens is 2. The van der Waals surface area contributed by atoms with E-state index in [1.54, 1.807) is 29.1 Å². The topological polar surface area (TPSA) is 55.1 Å². The lowest BCUT2D eigenvalue weighted by atomic mass is 10.1. The van der Waals surface area contributed by atoms with Gasteiger partial charge in [-0.25, -0.2) is 4.68 Å². The lowest BCUT2D eigenvalue weighted by Gasteiger charge is -2.07. The predicted octanol–water partition coefficient (Wildman–Crippen LogP) is 3.50. The van der Waals surface area contributed by atoms with Crippen molar-refractivity contribution in [1.82, 2.24) is 9.78 Å². The van der Waals surface area contributed by atoms with Gasteiger partial charge in [-0.05, 0) is 37.1 Å². The number of aromatic nitrogens is 2. The molecule has 0 fully saturated rings. The van der Waals surface area contributed by atoms with Crippen LogP contribution >= 0.6 is 23.2 Å². The molecule has 2 aromatic rings. The second kappa shape index (κ2) is 5.63. The number of aliphatic carboxylic acids is 1. The molecular weight excluding hydrogens is 287 g/mol. The summed E-state index contributed by atoms with van der Waals surface area (Å²) in [5, 5.41) is 14.0. The Kier molecular flexibility index (Phi) is 4.12. The Bertz CT molecular complexity index is 623. The van der Waals surface area contributed by atoms with Crippen molar-refractivity contribution in [2.75, 3.05) is 0 Å². The van der Waals surface area contributed by atoms with Crippen molar-refractivity contribution in [3.05, 3.63) is 45.7 Å². The average Bonchev–Trinajstić information content (AvgIpc) is 2.68. The third-order valence-corrected chi connectivity index (χ3v) is 3.40. The molecule has 0 aliphatic heterocycles. The number of benzene rings is 1. The molecule has 0 atom stereocenters. The van der Waals surface area contributed by atoms with Crippen LogP contribution in [0.4, 0.5) is 0 Å². The lowest BCUT2D eigenvalue weighted by molar-refractivity contribution is -0.136. The van der Waals surface area contributed by atoms with Crippen LogP contribution < -0.4 is 0 Å². The van der Waals surface area contributed by atoms with Crippen molar-refractivity contribution in [2.24, 2.45) is 0 Å². The van der Waals surface area contributed by atoms with Crippen molar-refractivity contribution in [1.29, 1.82) is 0 Å². The molecule has 1 N–H and O–H groups in total. The zero-order valence-electron chi connectivity index (χ0n) is 10.2. The Morgan fingerprint density at radius 3 is 2.79 bits per heavy atom. The molecule has 1 aromatic heterocycles. The fourth-order valence-electron chi connectivity index (χ4n) is 1.83. The van der Waals surface area contributed by atoms with Gasteiger partial charge >= 0.3 is 5.97 Å². The van der Waals surface area contributed by atoms with Crippen LogP contribution in [-0.2, 0) is 11.2 Å². The largest absolute Gasteiger partial charge is 0.481 e. The molecule has 4 nitrogen and oxygen atoms in total. The molecule has 2 rings (SSSR count). The normalized spacial score (nSPS) is 10.7. The van der Waals surface area contributed by atoms with Crippen LogP contribution in [0.2, 0.25) is 10.0 Å². The van der Waals surface area contributed by atoms with Gasteiger partial charge in [0.15, 0.2) is 0 Å². The number of carbonyl (C=O) groups is 1. The van der Waals surface area contributed by atoms with Crippen molar-refractivity contribution in [3.63, 3.8) is 0 Å². The molecule has 0 saturated heterocycles. The highest BCUT2D eigenvalue weighted by Gasteiger charge is 2.12. The average molecular weight is 299 g/mol. The zero-order chi connectivity index (χ0) is 14.0. The highest BCUT2D eigenvalue weighted by atomic mass is 35.5. The van der Waals surface area contributed by atoms with E-state index in [0.717, 1.165) is 16.9 Å². The first-order valence-electron chi connectivity index (χ1n) is 5.69. The molecular formula is C13H12Cl2N2O2. The molecule has 100 valence electrons. The van der Waals surface area contributed by atoms with Crippen LogP contribution in [0, 0.1) is 6.92 Å². The fourth-order valence-corrected chi connectivity index (χ4v) is 2.31. The molecule has 0 radical (unpaired) electrons. The predicted molar refractivity (Wildman–Crippen MR) is 74.3 cm³/mol. The molecule has 0 unspecified atom stereocenters. The second-order valence-corrected chi connectivity index (χ2v) is 5.00. The summed E-state index contributed by atoms with van der Waals surface area (Å²) in [6, 6.07) is 5.17.